The smallest absolute Gasteiger partial charge is 0.234 e. The Morgan fingerprint density at radius 2 is 2.00 bits per heavy atom. The third-order valence-corrected chi connectivity index (χ3v) is 3.22. The number of carbonyl (C=O) groups excluding carboxylic acids is 1. The van der Waals surface area contributed by atoms with Gasteiger partial charge in [-0.25, -0.2) is 0 Å². The third kappa shape index (κ3) is 4.91. The monoisotopic (exact) mass is 262 g/mol. The van der Waals surface area contributed by atoms with Crippen LogP contribution in [0.2, 0.25) is 0 Å². The fraction of sp³-hybridized carbons (Fsp3) is 0.533. The number of nitrogens with one attached hydrogen (secondary N) is 1. The van der Waals surface area contributed by atoms with Crippen LogP contribution < -0.4 is 10.1 Å². The summed E-state index contributed by atoms with van der Waals surface area (Å²) in [5.74, 6) is 0.925. The number of ether oxygens (including phenoxy) is 1. The summed E-state index contributed by atoms with van der Waals surface area (Å²) < 4.78 is 5.61. The summed E-state index contributed by atoms with van der Waals surface area (Å²) in [5, 5.41) is 2.97. The zero-order chi connectivity index (χ0) is 13.5. The SMILES string of the molecule is C[C@@H](COc1ccccc1)NC(=O)CN1CCCC1. The Morgan fingerprint density at radius 3 is 2.68 bits per heavy atom. The Morgan fingerprint density at radius 1 is 1.32 bits per heavy atom. The van der Waals surface area contributed by atoms with Crippen molar-refractivity contribution in [2.45, 2.75) is 25.8 Å². The summed E-state index contributed by atoms with van der Waals surface area (Å²) in [6.45, 7) is 5.06. The number of hydrogen-bond donors (Lipinski definition) is 1. The van der Waals surface area contributed by atoms with Gasteiger partial charge in [0, 0.05) is 0 Å². The lowest BCUT2D eigenvalue weighted by Crippen LogP contribution is -2.42. The van der Waals surface area contributed by atoms with Gasteiger partial charge in [-0.1, -0.05) is 18.2 Å². The number of likely N-dealkylation sites (tertiary alicyclic amines) is 1. The largest absolute Gasteiger partial charge is 0.491 e. The van der Waals surface area contributed by atoms with Crippen molar-refractivity contribution in [1.29, 1.82) is 0 Å². The number of amides is 1. The maximum Gasteiger partial charge on any atom is 0.234 e. The Hall–Kier alpha value is -1.55. The molecule has 1 amide bonds. The predicted octanol–water partition coefficient (Wildman–Crippen LogP) is 1.67. The molecule has 1 saturated heterocycles. The zero-order valence-electron chi connectivity index (χ0n) is 11.5. The number of rotatable bonds is 6. The van der Waals surface area contributed by atoms with Crippen LogP contribution in [0.1, 0.15) is 19.8 Å². The molecule has 0 aromatic heterocycles. The van der Waals surface area contributed by atoms with Crippen LogP contribution in [0.4, 0.5) is 0 Å². The van der Waals surface area contributed by atoms with Gasteiger partial charge in [-0.15, -0.1) is 0 Å². The van der Waals surface area contributed by atoms with Crippen LogP contribution in [0, 0.1) is 0 Å². The van der Waals surface area contributed by atoms with E-state index in [1.807, 2.05) is 37.3 Å². The predicted molar refractivity (Wildman–Crippen MR) is 75.2 cm³/mol. The normalized spacial score (nSPS) is 17.1. The molecule has 0 spiro atoms. The Labute approximate surface area is 114 Å². The molecule has 2 rings (SSSR count). The van der Waals surface area contributed by atoms with Crippen molar-refractivity contribution >= 4 is 5.91 Å². The van der Waals surface area contributed by atoms with E-state index in [1.165, 1.54) is 12.8 Å². The van der Waals surface area contributed by atoms with Gasteiger partial charge in [0.1, 0.15) is 12.4 Å². The van der Waals surface area contributed by atoms with Gasteiger partial charge in [-0.3, -0.25) is 9.69 Å². The Bertz CT molecular complexity index is 388. The van der Waals surface area contributed by atoms with E-state index in [9.17, 15) is 4.79 Å². The number of para-hydroxylation sites is 1. The van der Waals surface area contributed by atoms with Crippen molar-refractivity contribution in [2.24, 2.45) is 0 Å². The average molecular weight is 262 g/mol. The Balaban J connectivity index is 1.65. The van der Waals surface area contributed by atoms with Gasteiger partial charge >= 0.3 is 0 Å². The molecule has 0 radical (unpaired) electrons. The van der Waals surface area contributed by atoms with Crippen LogP contribution >= 0.6 is 0 Å². The molecule has 0 unspecified atom stereocenters. The fourth-order valence-electron chi connectivity index (χ4n) is 2.24. The molecule has 0 aliphatic carbocycles. The molecule has 1 heterocycles. The molecule has 1 aliphatic heterocycles. The van der Waals surface area contributed by atoms with Crippen LogP contribution in [-0.4, -0.2) is 43.1 Å². The summed E-state index contributed by atoms with van der Waals surface area (Å²) in [6, 6.07) is 9.68. The van der Waals surface area contributed by atoms with Gasteiger partial charge in [0.25, 0.3) is 0 Å². The van der Waals surface area contributed by atoms with E-state index in [-0.39, 0.29) is 11.9 Å². The first-order chi connectivity index (χ1) is 9.24. The lowest BCUT2D eigenvalue weighted by molar-refractivity contribution is -0.122. The quantitative estimate of drug-likeness (QED) is 0.848. The standard InChI is InChI=1S/C15H22N2O2/c1-13(12-19-14-7-3-2-4-8-14)16-15(18)11-17-9-5-6-10-17/h2-4,7-8,13H,5-6,9-12H2,1H3,(H,16,18)/t13-/m0/s1. The molecule has 1 N–H and O–H groups in total. The molecule has 1 aromatic rings. The summed E-state index contributed by atoms with van der Waals surface area (Å²) in [6.07, 6.45) is 2.42. The molecule has 1 atom stereocenters. The minimum Gasteiger partial charge on any atom is -0.491 e. The van der Waals surface area contributed by atoms with E-state index in [4.69, 9.17) is 4.74 Å². The van der Waals surface area contributed by atoms with Gasteiger partial charge in [0.2, 0.25) is 5.91 Å². The van der Waals surface area contributed by atoms with Crippen molar-refractivity contribution in [1.82, 2.24) is 10.2 Å². The van der Waals surface area contributed by atoms with Crippen molar-refractivity contribution in [2.75, 3.05) is 26.2 Å². The first kappa shape index (κ1) is 13.9. The summed E-state index contributed by atoms with van der Waals surface area (Å²) in [7, 11) is 0. The van der Waals surface area contributed by atoms with E-state index in [1.54, 1.807) is 0 Å². The molecule has 19 heavy (non-hydrogen) atoms. The van der Waals surface area contributed by atoms with E-state index in [2.05, 4.69) is 10.2 Å². The molecule has 4 nitrogen and oxygen atoms in total. The fourth-order valence-corrected chi connectivity index (χ4v) is 2.24. The molecular formula is C15H22N2O2. The second kappa shape index (κ2) is 7.14. The Kier molecular flexibility index (Phi) is 5.21. The van der Waals surface area contributed by atoms with Gasteiger partial charge in [-0.05, 0) is 45.0 Å². The van der Waals surface area contributed by atoms with E-state index < -0.39 is 0 Å². The van der Waals surface area contributed by atoms with Gasteiger partial charge in [0.15, 0.2) is 0 Å². The van der Waals surface area contributed by atoms with Crippen LogP contribution in [0.5, 0.6) is 5.75 Å². The maximum atomic E-state index is 11.8. The first-order valence-electron chi connectivity index (χ1n) is 6.93. The highest BCUT2D eigenvalue weighted by molar-refractivity contribution is 5.78. The lowest BCUT2D eigenvalue weighted by atomic mass is 10.3. The maximum absolute atomic E-state index is 11.8. The third-order valence-electron chi connectivity index (χ3n) is 3.22. The minimum absolute atomic E-state index is 0.0234. The van der Waals surface area contributed by atoms with Gasteiger partial charge < -0.3 is 10.1 Å². The minimum atomic E-state index is 0.0234. The molecule has 104 valence electrons. The van der Waals surface area contributed by atoms with Gasteiger partial charge in [0.05, 0.1) is 12.6 Å². The molecule has 0 bridgehead atoms. The van der Waals surface area contributed by atoms with Crippen LogP contribution in [0.25, 0.3) is 0 Å². The first-order valence-corrected chi connectivity index (χ1v) is 6.93. The lowest BCUT2D eigenvalue weighted by Gasteiger charge is -2.18. The number of benzene rings is 1. The van der Waals surface area contributed by atoms with E-state index in [0.717, 1.165) is 18.8 Å². The number of carbonyl (C=O) groups is 1. The molecular weight excluding hydrogens is 240 g/mol. The molecule has 0 saturated carbocycles. The number of hydrogen-bond acceptors (Lipinski definition) is 3. The molecule has 1 aromatic carbocycles. The molecule has 1 aliphatic rings. The highest BCUT2D eigenvalue weighted by Crippen LogP contribution is 2.08. The number of nitrogens with zero attached hydrogens (tertiary/aromatic N) is 1. The van der Waals surface area contributed by atoms with Gasteiger partial charge in [-0.2, -0.15) is 0 Å². The van der Waals surface area contributed by atoms with Crippen molar-refractivity contribution < 1.29 is 9.53 Å². The zero-order valence-corrected chi connectivity index (χ0v) is 11.5. The summed E-state index contributed by atoms with van der Waals surface area (Å²) in [5.41, 5.74) is 0. The average Bonchev–Trinajstić information content (AvgIpc) is 2.90. The summed E-state index contributed by atoms with van der Waals surface area (Å²) in [4.78, 5) is 14.0. The van der Waals surface area contributed by atoms with Crippen molar-refractivity contribution in [3.8, 4) is 5.75 Å². The van der Waals surface area contributed by atoms with E-state index >= 15 is 0 Å². The van der Waals surface area contributed by atoms with Crippen molar-refractivity contribution in [3.63, 3.8) is 0 Å². The summed E-state index contributed by atoms with van der Waals surface area (Å²) >= 11 is 0. The highest BCUT2D eigenvalue weighted by atomic mass is 16.5. The molecule has 4 heteroatoms. The second-order valence-electron chi connectivity index (χ2n) is 5.08. The molecule has 1 fully saturated rings. The van der Waals surface area contributed by atoms with Crippen LogP contribution in [-0.2, 0) is 4.79 Å². The van der Waals surface area contributed by atoms with Crippen LogP contribution in [0.3, 0.4) is 0 Å². The topological polar surface area (TPSA) is 41.6 Å². The van der Waals surface area contributed by atoms with Crippen LogP contribution in [0.15, 0.2) is 30.3 Å². The second-order valence-corrected chi connectivity index (χ2v) is 5.08. The van der Waals surface area contributed by atoms with E-state index in [0.29, 0.717) is 13.2 Å². The highest BCUT2D eigenvalue weighted by Gasteiger charge is 2.16. The van der Waals surface area contributed by atoms with Crippen molar-refractivity contribution in [3.05, 3.63) is 30.3 Å².